The zero-order chi connectivity index (χ0) is 22.4. The van der Waals surface area contributed by atoms with Crippen LogP contribution >= 0.6 is 11.3 Å². The maximum Gasteiger partial charge on any atom is 0.321 e. The van der Waals surface area contributed by atoms with Crippen molar-refractivity contribution in [3.8, 4) is 5.75 Å². The topological polar surface area (TPSA) is 113 Å². The van der Waals surface area contributed by atoms with Crippen molar-refractivity contribution in [2.75, 3.05) is 23.9 Å². The summed E-state index contributed by atoms with van der Waals surface area (Å²) in [5.74, 6) is 0.730. The standard InChI is InChI=1S/C21H27N5O4S/c1-20(2)9-14-16(31-18(23-14)25-17(27)22-11-21(3,4)28)10-26(20)19-24-13-8-12(29-5)6-7-15(13)30-19/h6-8,28H,9-11H2,1-5H3,(H2,22,23,25,27). The lowest BCUT2D eigenvalue weighted by Gasteiger charge is -2.40. The monoisotopic (exact) mass is 445 g/mol. The lowest BCUT2D eigenvalue weighted by Crippen LogP contribution is -2.48. The molecular weight excluding hydrogens is 418 g/mol. The van der Waals surface area contributed by atoms with Crippen LogP contribution < -0.4 is 20.3 Å². The number of oxazole rings is 1. The molecule has 1 aliphatic rings. The van der Waals surface area contributed by atoms with Crippen molar-refractivity contribution in [2.45, 2.75) is 51.8 Å². The largest absolute Gasteiger partial charge is 0.497 e. The van der Waals surface area contributed by atoms with Gasteiger partial charge in [0.1, 0.15) is 11.3 Å². The zero-order valence-corrected chi connectivity index (χ0v) is 19.1. The molecule has 2 aromatic heterocycles. The lowest BCUT2D eigenvalue weighted by atomic mass is 9.92. The molecule has 0 atom stereocenters. The van der Waals surface area contributed by atoms with Crippen molar-refractivity contribution >= 4 is 39.6 Å². The molecule has 4 rings (SSSR count). The van der Waals surface area contributed by atoms with E-state index in [1.54, 1.807) is 21.0 Å². The first-order valence-electron chi connectivity index (χ1n) is 10.0. The average Bonchev–Trinajstić information content (AvgIpc) is 3.26. The summed E-state index contributed by atoms with van der Waals surface area (Å²) in [6.07, 6.45) is 0.688. The van der Waals surface area contributed by atoms with E-state index in [9.17, 15) is 9.90 Å². The van der Waals surface area contributed by atoms with Crippen LogP contribution in [0.2, 0.25) is 0 Å². The third-order valence-electron chi connectivity index (χ3n) is 5.13. The summed E-state index contributed by atoms with van der Waals surface area (Å²) in [6, 6.07) is 5.71. The van der Waals surface area contributed by atoms with E-state index in [0.717, 1.165) is 21.8 Å². The number of aliphatic hydroxyl groups is 1. The van der Waals surface area contributed by atoms with E-state index in [4.69, 9.17) is 9.15 Å². The van der Waals surface area contributed by atoms with Crippen LogP contribution in [-0.2, 0) is 13.0 Å². The molecule has 0 saturated heterocycles. The van der Waals surface area contributed by atoms with Crippen LogP contribution in [0.1, 0.15) is 38.3 Å². The Kier molecular flexibility index (Phi) is 5.30. The smallest absolute Gasteiger partial charge is 0.321 e. The van der Waals surface area contributed by atoms with Gasteiger partial charge in [0, 0.05) is 29.4 Å². The zero-order valence-electron chi connectivity index (χ0n) is 18.3. The second kappa shape index (κ2) is 7.69. The molecule has 0 spiro atoms. The first-order valence-corrected chi connectivity index (χ1v) is 10.8. The minimum Gasteiger partial charge on any atom is -0.497 e. The number of nitrogens with zero attached hydrogens (tertiary/aromatic N) is 3. The Balaban J connectivity index is 1.54. The third-order valence-corrected chi connectivity index (χ3v) is 6.12. The number of benzene rings is 1. The molecule has 1 aromatic carbocycles. The molecule has 3 heterocycles. The fourth-order valence-corrected chi connectivity index (χ4v) is 4.43. The van der Waals surface area contributed by atoms with Crippen LogP contribution in [0.4, 0.5) is 15.9 Å². The van der Waals surface area contributed by atoms with Gasteiger partial charge in [0.2, 0.25) is 0 Å². The Morgan fingerprint density at radius 2 is 2.16 bits per heavy atom. The summed E-state index contributed by atoms with van der Waals surface area (Å²) in [6.45, 7) is 8.23. The summed E-state index contributed by atoms with van der Waals surface area (Å²) in [7, 11) is 1.62. The normalized spacial score (nSPS) is 15.6. The van der Waals surface area contributed by atoms with Gasteiger partial charge in [-0.25, -0.2) is 9.78 Å². The number of fused-ring (bicyclic) bond motifs is 2. The van der Waals surface area contributed by atoms with Gasteiger partial charge < -0.3 is 24.5 Å². The van der Waals surface area contributed by atoms with Gasteiger partial charge >= 0.3 is 6.03 Å². The fraction of sp³-hybridized carbons (Fsp3) is 0.476. The molecule has 3 aromatic rings. The van der Waals surface area contributed by atoms with E-state index in [1.165, 1.54) is 11.3 Å². The van der Waals surface area contributed by atoms with E-state index < -0.39 is 11.6 Å². The van der Waals surface area contributed by atoms with E-state index in [2.05, 4.69) is 39.3 Å². The number of carbonyl (C=O) groups excluding carboxylic acids is 1. The number of carbonyl (C=O) groups is 1. The number of hydrogen-bond acceptors (Lipinski definition) is 8. The number of hydrogen-bond donors (Lipinski definition) is 3. The van der Waals surface area contributed by atoms with E-state index in [-0.39, 0.29) is 12.1 Å². The van der Waals surface area contributed by atoms with Crippen molar-refractivity contribution in [2.24, 2.45) is 0 Å². The SMILES string of the molecule is COc1ccc2oc(N3Cc4sc(NC(=O)NCC(C)(C)O)nc4CC3(C)C)nc2c1. The van der Waals surface area contributed by atoms with Gasteiger partial charge in [-0.2, -0.15) is 4.98 Å². The van der Waals surface area contributed by atoms with Crippen molar-refractivity contribution < 1.29 is 19.1 Å². The van der Waals surface area contributed by atoms with Gasteiger partial charge in [-0.05, 0) is 39.8 Å². The molecule has 2 amide bonds. The Bertz CT molecular complexity index is 1110. The molecule has 0 fully saturated rings. The highest BCUT2D eigenvalue weighted by molar-refractivity contribution is 7.15. The number of rotatable bonds is 5. The number of methoxy groups -OCH3 is 1. The van der Waals surface area contributed by atoms with Gasteiger partial charge in [-0.15, -0.1) is 0 Å². The molecule has 0 radical (unpaired) electrons. The van der Waals surface area contributed by atoms with Crippen LogP contribution in [0, 0.1) is 0 Å². The highest BCUT2D eigenvalue weighted by atomic mass is 32.1. The van der Waals surface area contributed by atoms with E-state index in [0.29, 0.717) is 29.7 Å². The Hall–Kier alpha value is -2.85. The first kappa shape index (κ1) is 21.4. The van der Waals surface area contributed by atoms with Crippen molar-refractivity contribution in [1.29, 1.82) is 0 Å². The summed E-state index contributed by atoms with van der Waals surface area (Å²) >= 11 is 1.43. The van der Waals surface area contributed by atoms with Crippen molar-refractivity contribution in [3.05, 3.63) is 28.8 Å². The van der Waals surface area contributed by atoms with Crippen molar-refractivity contribution in [1.82, 2.24) is 15.3 Å². The highest BCUT2D eigenvalue weighted by Crippen LogP contribution is 2.39. The molecule has 166 valence electrons. The van der Waals surface area contributed by atoms with Crippen LogP contribution in [0.3, 0.4) is 0 Å². The minimum absolute atomic E-state index is 0.146. The molecule has 0 unspecified atom stereocenters. The van der Waals surface area contributed by atoms with Gasteiger partial charge in [0.15, 0.2) is 10.7 Å². The Morgan fingerprint density at radius 1 is 1.39 bits per heavy atom. The molecule has 0 saturated carbocycles. The van der Waals surface area contributed by atoms with E-state index in [1.807, 2.05) is 18.2 Å². The molecule has 1 aliphatic heterocycles. The minimum atomic E-state index is -0.979. The molecular formula is C21H27N5O4S. The second-order valence-corrected chi connectivity index (χ2v) is 10.00. The summed E-state index contributed by atoms with van der Waals surface area (Å²) in [4.78, 5) is 24.6. The number of urea groups is 1. The number of nitrogens with one attached hydrogen (secondary N) is 2. The first-order chi connectivity index (χ1) is 14.5. The summed E-state index contributed by atoms with van der Waals surface area (Å²) in [5.41, 5.74) is 1.15. The van der Waals surface area contributed by atoms with Crippen LogP contribution in [-0.4, -0.2) is 45.9 Å². The number of thiazole rings is 1. The molecule has 31 heavy (non-hydrogen) atoms. The Labute approximate surface area is 184 Å². The highest BCUT2D eigenvalue weighted by Gasteiger charge is 2.38. The number of amides is 2. The van der Waals surface area contributed by atoms with Gasteiger partial charge in [-0.3, -0.25) is 5.32 Å². The quantitative estimate of drug-likeness (QED) is 0.551. The third kappa shape index (κ3) is 4.59. The molecule has 0 aliphatic carbocycles. The second-order valence-electron chi connectivity index (χ2n) is 8.91. The predicted octanol–water partition coefficient (Wildman–Crippen LogP) is 3.53. The maximum atomic E-state index is 12.1. The molecule has 10 heteroatoms. The number of ether oxygens (including phenoxy) is 1. The summed E-state index contributed by atoms with van der Waals surface area (Å²) < 4.78 is 11.3. The maximum absolute atomic E-state index is 12.1. The number of aromatic nitrogens is 2. The average molecular weight is 446 g/mol. The van der Waals surface area contributed by atoms with Gasteiger partial charge in [-0.1, -0.05) is 11.3 Å². The van der Waals surface area contributed by atoms with Gasteiger partial charge in [0.25, 0.3) is 6.01 Å². The van der Waals surface area contributed by atoms with Gasteiger partial charge in [0.05, 0.1) is 24.9 Å². The van der Waals surface area contributed by atoms with Crippen molar-refractivity contribution in [3.63, 3.8) is 0 Å². The molecule has 9 nitrogen and oxygen atoms in total. The molecule has 3 N–H and O–H groups in total. The number of anilines is 2. The predicted molar refractivity (Wildman–Crippen MR) is 120 cm³/mol. The van der Waals surface area contributed by atoms with E-state index >= 15 is 0 Å². The Morgan fingerprint density at radius 3 is 2.87 bits per heavy atom. The lowest BCUT2D eigenvalue weighted by molar-refractivity contribution is 0.0826. The van der Waals surface area contributed by atoms with Crippen LogP contribution in [0.25, 0.3) is 11.1 Å². The van der Waals surface area contributed by atoms with Crippen LogP contribution in [0.5, 0.6) is 5.75 Å². The molecule has 0 bridgehead atoms. The fourth-order valence-electron chi connectivity index (χ4n) is 3.46. The van der Waals surface area contributed by atoms with Crippen LogP contribution in [0.15, 0.2) is 22.6 Å². The summed E-state index contributed by atoms with van der Waals surface area (Å²) in [5, 5.41) is 15.7.